The lowest BCUT2D eigenvalue weighted by atomic mass is 9.82. The Hall–Kier alpha value is -0.530. The van der Waals surface area contributed by atoms with Gasteiger partial charge in [0.2, 0.25) is 0 Å². The number of likely N-dealkylation sites (N-methyl/N-ethyl adjacent to an activating group) is 1. The van der Waals surface area contributed by atoms with Crippen molar-refractivity contribution in [2.45, 2.75) is 58.4 Å². The molecule has 0 aromatic rings. The summed E-state index contributed by atoms with van der Waals surface area (Å²) in [7, 11) is 2.15. The van der Waals surface area contributed by atoms with Crippen molar-refractivity contribution in [3.8, 4) is 0 Å². The van der Waals surface area contributed by atoms with Crippen LogP contribution in [0.1, 0.15) is 52.9 Å². The summed E-state index contributed by atoms with van der Waals surface area (Å²) >= 11 is 0. The van der Waals surface area contributed by atoms with Crippen molar-refractivity contribution in [2.75, 3.05) is 13.6 Å². The van der Waals surface area contributed by atoms with E-state index >= 15 is 0 Å². The highest BCUT2D eigenvalue weighted by molar-refractivity contribution is 5.81. The van der Waals surface area contributed by atoms with Gasteiger partial charge in [0.15, 0.2) is 0 Å². The molecule has 1 aliphatic carbocycles. The van der Waals surface area contributed by atoms with E-state index in [1.165, 1.54) is 44.5 Å². The van der Waals surface area contributed by atoms with Gasteiger partial charge in [-0.2, -0.15) is 0 Å². The van der Waals surface area contributed by atoms with Gasteiger partial charge >= 0.3 is 0 Å². The molecule has 0 aromatic carbocycles. The summed E-state index contributed by atoms with van der Waals surface area (Å²) in [6, 6.07) is 0. The molecule has 2 nitrogen and oxygen atoms in total. The Morgan fingerprint density at radius 1 is 1.14 bits per heavy atom. The molecule has 0 aromatic heterocycles. The number of hydrogen-bond donors (Lipinski definition) is 0. The fraction of sp³-hybridized carbons (Fsp3) is 0.917. The highest BCUT2D eigenvalue weighted by Gasteiger charge is 2.37. The van der Waals surface area contributed by atoms with Crippen LogP contribution in [0.4, 0.5) is 0 Å². The predicted octanol–water partition coefficient (Wildman–Crippen LogP) is 3.08. The Kier molecular flexibility index (Phi) is 3.97. The Morgan fingerprint density at radius 3 is 2.14 bits per heavy atom. The van der Waals surface area contributed by atoms with Crippen molar-refractivity contribution < 1.29 is 0 Å². The first-order valence-corrected chi connectivity index (χ1v) is 5.99. The minimum atomic E-state index is 0.330. The molecule has 1 heterocycles. The van der Waals surface area contributed by atoms with Gasteiger partial charge < -0.3 is 4.90 Å². The average molecular weight is 196 g/mol. The standard InChI is InChI=1S/C10H18N2.C2H6/c1-9-11-10(8-12(9)2)6-4-3-5-7-10;1-2/h3-8H2,1-2H3;1-2H3. The summed E-state index contributed by atoms with van der Waals surface area (Å²) in [5.74, 6) is 1.23. The van der Waals surface area contributed by atoms with Crippen molar-refractivity contribution in [2.24, 2.45) is 4.99 Å². The maximum absolute atomic E-state index is 4.80. The molecule has 0 unspecified atom stereocenters. The lowest BCUT2D eigenvalue weighted by molar-refractivity contribution is 0.277. The fourth-order valence-corrected chi connectivity index (χ4v) is 2.50. The molecule has 2 aliphatic rings. The number of aliphatic imine (C=N–C) groups is 1. The smallest absolute Gasteiger partial charge is 0.0963 e. The fourth-order valence-electron chi connectivity index (χ4n) is 2.50. The molecule has 0 bridgehead atoms. The van der Waals surface area contributed by atoms with Crippen LogP contribution in [0.15, 0.2) is 4.99 Å². The first-order chi connectivity index (χ1) is 6.72. The maximum atomic E-state index is 4.80. The molecule has 0 atom stereocenters. The molecule has 0 amide bonds. The van der Waals surface area contributed by atoms with Crippen LogP contribution in [-0.2, 0) is 0 Å². The van der Waals surface area contributed by atoms with E-state index in [2.05, 4.69) is 18.9 Å². The Labute approximate surface area is 88.4 Å². The maximum Gasteiger partial charge on any atom is 0.0963 e. The summed E-state index contributed by atoms with van der Waals surface area (Å²) in [6.45, 7) is 7.29. The molecular formula is C12H24N2. The molecule has 0 N–H and O–H groups in total. The van der Waals surface area contributed by atoms with E-state index in [0.29, 0.717) is 5.54 Å². The van der Waals surface area contributed by atoms with Gasteiger partial charge in [-0.15, -0.1) is 0 Å². The third-order valence-corrected chi connectivity index (χ3v) is 3.27. The second kappa shape index (κ2) is 4.81. The van der Waals surface area contributed by atoms with E-state index < -0.39 is 0 Å². The summed E-state index contributed by atoms with van der Waals surface area (Å²) < 4.78 is 0. The predicted molar refractivity (Wildman–Crippen MR) is 62.9 cm³/mol. The van der Waals surface area contributed by atoms with Crippen LogP contribution in [0.5, 0.6) is 0 Å². The van der Waals surface area contributed by atoms with Crippen LogP contribution in [0.25, 0.3) is 0 Å². The van der Waals surface area contributed by atoms with Crippen LogP contribution in [0.2, 0.25) is 0 Å². The first-order valence-electron chi connectivity index (χ1n) is 5.99. The molecule has 82 valence electrons. The van der Waals surface area contributed by atoms with Crippen molar-refractivity contribution in [1.29, 1.82) is 0 Å². The average Bonchev–Trinajstić information content (AvgIpc) is 2.46. The second-order valence-electron chi connectivity index (χ2n) is 4.30. The molecule has 2 rings (SSSR count). The van der Waals surface area contributed by atoms with Gasteiger partial charge in [0.25, 0.3) is 0 Å². The summed E-state index contributed by atoms with van der Waals surface area (Å²) in [5.41, 5.74) is 0.330. The molecular weight excluding hydrogens is 172 g/mol. The molecule has 2 heteroatoms. The molecule has 0 saturated heterocycles. The monoisotopic (exact) mass is 196 g/mol. The zero-order chi connectivity index (χ0) is 10.6. The molecule has 1 fully saturated rings. The van der Waals surface area contributed by atoms with Crippen LogP contribution < -0.4 is 0 Å². The Bertz CT molecular complexity index is 202. The van der Waals surface area contributed by atoms with Crippen LogP contribution in [0, 0.1) is 0 Å². The molecule has 1 aliphatic heterocycles. The highest BCUT2D eigenvalue weighted by Crippen LogP contribution is 2.35. The van der Waals surface area contributed by atoms with E-state index in [-0.39, 0.29) is 0 Å². The normalized spacial score (nSPS) is 24.3. The number of nitrogens with zero attached hydrogens (tertiary/aromatic N) is 2. The molecule has 14 heavy (non-hydrogen) atoms. The Morgan fingerprint density at radius 2 is 1.71 bits per heavy atom. The highest BCUT2D eigenvalue weighted by atomic mass is 15.2. The van der Waals surface area contributed by atoms with Gasteiger partial charge in [-0.05, 0) is 19.8 Å². The van der Waals surface area contributed by atoms with Crippen molar-refractivity contribution in [3.05, 3.63) is 0 Å². The topological polar surface area (TPSA) is 15.6 Å². The van der Waals surface area contributed by atoms with E-state index in [1.54, 1.807) is 0 Å². The zero-order valence-electron chi connectivity index (χ0n) is 10.1. The van der Waals surface area contributed by atoms with Crippen molar-refractivity contribution in [1.82, 2.24) is 4.90 Å². The minimum Gasteiger partial charge on any atom is -0.361 e. The van der Waals surface area contributed by atoms with Crippen LogP contribution >= 0.6 is 0 Å². The van der Waals surface area contributed by atoms with Gasteiger partial charge in [0.05, 0.1) is 11.4 Å². The van der Waals surface area contributed by atoms with Crippen molar-refractivity contribution >= 4 is 5.84 Å². The minimum absolute atomic E-state index is 0.330. The van der Waals surface area contributed by atoms with E-state index in [1.807, 2.05) is 13.8 Å². The lowest BCUT2D eigenvalue weighted by Gasteiger charge is -2.30. The number of rotatable bonds is 0. The number of hydrogen-bond acceptors (Lipinski definition) is 2. The van der Waals surface area contributed by atoms with E-state index in [4.69, 9.17) is 4.99 Å². The summed E-state index contributed by atoms with van der Waals surface area (Å²) in [4.78, 5) is 7.10. The Balaban J connectivity index is 0.000000461. The summed E-state index contributed by atoms with van der Waals surface area (Å²) in [6.07, 6.45) is 6.80. The third kappa shape index (κ3) is 2.28. The second-order valence-corrected chi connectivity index (χ2v) is 4.30. The van der Waals surface area contributed by atoms with Gasteiger partial charge in [-0.3, -0.25) is 4.99 Å². The largest absolute Gasteiger partial charge is 0.361 e. The summed E-state index contributed by atoms with van der Waals surface area (Å²) in [5, 5.41) is 0. The zero-order valence-corrected chi connectivity index (χ0v) is 10.1. The van der Waals surface area contributed by atoms with Crippen LogP contribution in [-0.4, -0.2) is 29.9 Å². The van der Waals surface area contributed by atoms with Gasteiger partial charge in [0.1, 0.15) is 0 Å². The van der Waals surface area contributed by atoms with Gasteiger partial charge in [0, 0.05) is 13.6 Å². The van der Waals surface area contributed by atoms with Gasteiger partial charge in [-0.25, -0.2) is 0 Å². The number of amidine groups is 1. The first kappa shape index (κ1) is 11.5. The quantitative estimate of drug-likeness (QED) is 0.581. The van der Waals surface area contributed by atoms with Gasteiger partial charge in [-0.1, -0.05) is 33.1 Å². The SMILES string of the molecule is CC.CC1=NC2(CCCCC2)CN1C. The third-order valence-electron chi connectivity index (χ3n) is 3.27. The molecule has 1 spiro atoms. The van der Waals surface area contributed by atoms with E-state index in [9.17, 15) is 0 Å². The van der Waals surface area contributed by atoms with E-state index in [0.717, 1.165) is 0 Å². The van der Waals surface area contributed by atoms with Crippen molar-refractivity contribution in [3.63, 3.8) is 0 Å². The molecule has 0 radical (unpaired) electrons. The molecule has 1 saturated carbocycles. The van der Waals surface area contributed by atoms with Crippen LogP contribution in [0.3, 0.4) is 0 Å². The lowest BCUT2D eigenvalue weighted by Crippen LogP contribution is -2.35.